The predicted octanol–water partition coefficient (Wildman–Crippen LogP) is 5.50. The van der Waals surface area contributed by atoms with Crippen molar-refractivity contribution in [2.75, 3.05) is 0 Å². The Morgan fingerprint density at radius 3 is 2.24 bits per heavy atom. The van der Waals surface area contributed by atoms with E-state index in [9.17, 15) is 13.6 Å². The highest BCUT2D eigenvalue weighted by atomic mass is 19.1. The maximum atomic E-state index is 13.4. The van der Waals surface area contributed by atoms with Crippen LogP contribution in [-0.2, 0) is 17.8 Å². The lowest BCUT2D eigenvalue weighted by molar-refractivity contribution is -0.121. The third kappa shape index (κ3) is 5.63. The number of hydrogen-bond donors (Lipinski definition) is 1. The van der Waals surface area contributed by atoms with Crippen LogP contribution in [0, 0.1) is 18.6 Å². The normalized spacial score (nSPS) is 10.8. The van der Waals surface area contributed by atoms with Gasteiger partial charge in [-0.25, -0.2) is 13.5 Å². The molecule has 4 rings (SSSR count). The van der Waals surface area contributed by atoms with Crippen LogP contribution in [0.25, 0.3) is 5.69 Å². The van der Waals surface area contributed by atoms with Gasteiger partial charge in [0.1, 0.15) is 17.4 Å². The van der Waals surface area contributed by atoms with E-state index in [2.05, 4.69) is 10.4 Å². The van der Waals surface area contributed by atoms with Gasteiger partial charge in [0, 0.05) is 18.5 Å². The number of ether oxygens (including phenoxy) is 1. The number of nitrogens with zero attached hydrogens (tertiary/aromatic N) is 2. The van der Waals surface area contributed by atoms with Crippen LogP contribution in [0.2, 0.25) is 0 Å². The molecule has 168 valence electrons. The fraction of sp³-hybridized carbons (Fsp3) is 0.154. The number of carbonyl (C=O) groups is 1. The molecule has 0 saturated carbocycles. The molecule has 0 bridgehead atoms. The first-order chi connectivity index (χ1) is 16.0. The van der Waals surface area contributed by atoms with Gasteiger partial charge in [-0.15, -0.1) is 0 Å². The van der Waals surface area contributed by atoms with Gasteiger partial charge in [-0.3, -0.25) is 4.79 Å². The molecule has 5 nitrogen and oxygen atoms in total. The average molecular weight is 447 g/mol. The zero-order valence-corrected chi connectivity index (χ0v) is 18.1. The van der Waals surface area contributed by atoms with E-state index in [1.165, 1.54) is 36.4 Å². The number of hydrogen-bond acceptors (Lipinski definition) is 3. The summed E-state index contributed by atoms with van der Waals surface area (Å²) in [5, 5.41) is 7.48. The van der Waals surface area contributed by atoms with Crippen molar-refractivity contribution in [2.45, 2.75) is 26.3 Å². The first-order valence-electron chi connectivity index (χ1n) is 10.6. The molecule has 0 aliphatic rings. The first kappa shape index (κ1) is 22.2. The Morgan fingerprint density at radius 2 is 1.58 bits per heavy atom. The highest BCUT2D eigenvalue weighted by molar-refractivity contribution is 5.76. The zero-order valence-electron chi connectivity index (χ0n) is 18.1. The molecular weight excluding hydrogens is 424 g/mol. The van der Waals surface area contributed by atoms with E-state index in [0.717, 1.165) is 11.1 Å². The smallest absolute Gasteiger partial charge is 0.226 e. The summed E-state index contributed by atoms with van der Waals surface area (Å²) < 4.78 is 34.4. The van der Waals surface area contributed by atoms with Crippen LogP contribution in [0.4, 0.5) is 8.78 Å². The van der Waals surface area contributed by atoms with Gasteiger partial charge >= 0.3 is 0 Å². The van der Waals surface area contributed by atoms with E-state index < -0.39 is 0 Å². The minimum atomic E-state index is -0.374. The second-order valence-corrected chi connectivity index (χ2v) is 7.58. The number of amides is 1. The van der Waals surface area contributed by atoms with E-state index in [1.807, 2.05) is 37.3 Å². The summed E-state index contributed by atoms with van der Waals surface area (Å²) in [6, 6.07) is 21.2. The Bertz CT molecular complexity index is 1220. The van der Waals surface area contributed by atoms with Crippen molar-refractivity contribution in [3.05, 3.63) is 107 Å². The molecule has 0 radical (unpaired) electrons. The number of halogens is 2. The molecule has 33 heavy (non-hydrogen) atoms. The van der Waals surface area contributed by atoms with Gasteiger partial charge in [-0.1, -0.05) is 30.3 Å². The lowest BCUT2D eigenvalue weighted by atomic mass is 10.1. The molecule has 1 aromatic heterocycles. The van der Waals surface area contributed by atoms with Crippen molar-refractivity contribution in [3.63, 3.8) is 0 Å². The van der Waals surface area contributed by atoms with Gasteiger partial charge < -0.3 is 10.1 Å². The number of aryl methyl sites for hydroxylation is 1. The standard InChI is InChI=1S/C26H23F2N3O2/c1-18-24(15-16-25(32)29-17-19-5-3-2-4-6-19)26(33-23-13-9-21(28)10-14-23)31(30-18)22-11-7-20(27)8-12-22/h2-14H,15-17H2,1H3,(H,29,32). The molecule has 1 amide bonds. The fourth-order valence-electron chi connectivity index (χ4n) is 3.43. The van der Waals surface area contributed by atoms with Gasteiger partial charge in [0.05, 0.1) is 11.4 Å². The van der Waals surface area contributed by atoms with Crippen LogP contribution in [0.3, 0.4) is 0 Å². The van der Waals surface area contributed by atoms with Crippen molar-refractivity contribution >= 4 is 5.91 Å². The predicted molar refractivity (Wildman–Crippen MR) is 121 cm³/mol. The van der Waals surface area contributed by atoms with Gasteiger partial charge in [-0.2, -0.15) is 5.10 Å². The Kier molecular flexibility index (Phi) is 6.78. The number of aromatic nitrogens is 2. The minimum absolute atomic E-state index is 0.0967. The minimum Gasteiger partial charge on any atom is -0.439 e. The molecule has 3 aromatic carbocycles. The van der Waals surface area contributed by atoms with Crippen molar-refractivity contribution in [3.8, 4) is 17.3 Å². The average Bonchev–Trinajstić information content (AvgIpc) is 3.13. The Labute approximate surface area is 190 Å². The van der Waals surface area contributed by atoms with Crippen LogP contribution in [-0.4, -0.2) is 15.7 Å². The van der Waals surface area contributed by atoms with E-state index in [0.29, 0.717) is 36.0 Å². The maximum absolute atomic E-state index is 13.4. The monoisotopic (exact) mass is 447 g/mol. The maximum Gasteiger partial charge on any atom is 0.226 e. The summed E-state index contributed by atoms with van der Waals surface area (Å²) in [7, 11) is 0. The molecule has 0 saturated heterocycles. The molecule has 0 aliphatic heterocycles. The van der Waals surface area contributed by atoms with Crippen LogP contribution >= 0.6 is 0 Å². The lowest BCUT2D eigenvalue weighted by Crippen LogP contribution is -2.23. The van der Waals surface area contributed by atoms with Crippen molar-refractivity contribution in [1.29, 1.82) is 0 Å². The van der Waals surface area contributed by atoms with Crippen LogP contribution in [0.5, 0.6) is 11.6 Å². The van der Waals surface area contributed by atoms with E-state index >= 15 is 0 Å². The van der Waals surface area contributed by atoms with Crippen LogP contribution in [0.1, 0.15) is 23.2 Å². The summed E-state index contributed by atoms with van der Waals surface area (Å²) >= 11 is 0. The van der Waals surface area contributed by atoms with Crippen molar-refractivity contribution in [1.82, 2.24) is 15.1 Å². The molecule has 4 aromatic rings. The number of rotatable bonds is 8. The summed E-state index contributed by atoms with van der Waals surface area (Å²) in [5.41, 5.74) is 3.06. The Hall–Kier alpha value is -4.00. The SMILES string of the molecule is Cc1nn(-c2ccc(F)cc2)c(Oc2ccc(F)cc2)c1CCC(=O)NCc1ccccc1. The summed E-state index contributed by atoms with van der Waals surface area (Å²) in [5.74, 6) is -0.00337. The lowest BCUT2D eigenvalue weighted by Gasteiger charge is -2.12. The molecule has 0 unspecified atom stereocenters. The van der Waals surface area contributed by atoms with Crippen molar-refractivity contribution in [2.24, 2.45) is 0 Å². The second kappa shape index (κ2) is 10.1. The molecule has 7 heteroatoms. The summed E-state index contributed by atoms with van der Waals surface area (Å²) in [6.07, 6.45) is 0.632. The topological polar surface area (TPSA) is 56.2 Å². The highest BCUT2D eigenvalue weighted by Crippen LogP contribution is 2.31. The molecule has 0 atom stereocenters. The third-order valence-corrected chi connectivity index (χ3v) is 5.17. The van der Waals surface area contributed by atoms with Gasteiger partial charge in [0.25, 0.3) is 0 Å². The molecule has 1 heterocycles. The number of nitrogens with one attached hydrogen (secondary N) is 1. The fourth-order valence-corrected chi connectivity index (χ4v) is 3.43. The van der Waals surface area contributed by atoms with E-state index in [1.54, 1.807) is 16.8 Å². The number of carbonyl (C=O) groups excluding carboxylic acids is 1. The summed E-state index contributed by atoms with van der Waals surface area (Å²) in [4.78, 5) is 12.5. The highest BCUT2D eigenvalue weighted by Gasteiger charge is 2.20. The Balaban J connectivity index is 1.56. The van der Waals surface area contributed by atoms with Gasteiger partial charge in [0.2, 0.25) is 11.8 Å². The van der Waals surface area contributed by atoms with E-state index in [4.69, 9.17) is 4.74 Å². The van der Waals surface area contributed by atoms with Crippen LogP contribution in [0.15, 0.2) is 78.9 Å². The molecule has 0 fully saturated rings. The first-order valence-corrected chi connectivity index (χ1v) is 10.6. The summed E-state index contributed by atoms with van der Waals surface area (Å²) in [6.45, 7) is 2.28. The van der Waals surface area contributed by atoms with Crippen molar-refractivity contribution < 1.29 is 18.3 Å². The zero-order chi connectivity index (χ0) is 23.2. The van der Waals surface area contributed by atoms with Gasteiger partial charge in [-0.05, 0) is 67.4 Å². The largest absolute Gasteiger partial charge is 0.439 e. The molecule has 0 spiro atoms. The third-order valence-electron chi connectivity index (χ3n) is 5.17. The number of benzene rings is 3. The van der Waals surface area contributed by atoms with E-state index in [-0.39, 0.29) is 24.0 Å². The Morgan fingerprint density at radius 1 is 0.939 bits per heavy atom. The second-order valence-electron chi connectivity index (χ2n) is 7.58. The van der Waals surface area contributed by atoms with Crippen LogP contribution < -0.4 is 10.1 Å². The molecular formula is C26H23F2N3O2. The molecule has 1 N–H and O–H groups in total. The molecule has 0 aliphatic carbocycles. The quantitative estimate of drug-likeness (QED) is 0.388. The van der Waals surface area contributed by atoms with Gasteiger partial charge in [0.15, 0.2) is 0 Å².